The number of sulfone groups is 1. The number of carbonyl (C=O) groups excluding carboxylic acids is 1. The van der Waals surface area contributed by atoms with Crippen LogP contribution in [-0.4, -0.2) is 61.0 Å². The van der Waals surface area contributed by atoms with Crippen molar-refractivity contribution in [3.05, 3.63) is 35.4 Å². The number of rotatable bonds is 3. The molecule has 0 aliphatic carbocycles. The molecule has 1 amide bonds. The summed E-state index contributed by atoms with van der Waals surface area (Å²) in [6.45, 7) is 0.205. The van der Waals surface area contributed by atoms with Gasteiger partial charge in [0.1, 0.15) is 0 Å². The van der Waals surface area contributed by atoms with E-state index in [1.807, 2.05) is 0 Å². The Kier molecular flexibility index (Phi) is 4.12. The zero-order chi connectivity index (χ0) is 14.9. The Balaban J connectivity index is 2.08. The zero-order valence-electron chi connectivity index (χ0n) is 11.1. The highest BCUT2D eigenvalue weighted by Crippen LogP contribution is 2.15. The van der Waals surface area contributed by atoms with E-state index >= 15 is 0 Å². The molecule has 1 saturated heterocycles. The highest BCUT2D eigenvalue weighted by molar-refractivity contribution is 7.89. The van der Waals surface area contributed by atoms with Crippen molar-refractivity contribution in [2.45, 2.75) is 18.0 Å². The van der Waals surface area contributed by atoms with Gasteiger partial charge in [-0.2, -0.15) is 0 Å². The van der Waals surface area contributed by atoms with Crippen LogP contribution in [0.15, 0.2) is 24.3 Å². The van der Waals surface area contributed by atoms with Crippen molar-refractivity contribution in [3.63, 3.8) is 0 Å². The fourth-order valence-corrected chi connectivity index (χ4v) is 2.96. The first-order valence-electron chi connectivity index (χ1n) is 6.18. The summed E-state index contributed by atoms with van der Waals surface area (Å²) in [5.74, 6) is -0.352. The number of aliphatic hydroxyl groups is 2. The van der Waals surface area contributed by atoms with Gasteiger partial charge in [0.05, 0.1) is 18.0 Å². The van der Waals surface area contributed by atoms with E-state index in [0.29, 0.717) is 11.1 Å². The Morgan fingerprint density at radius 1 is 1.20 bits per heavy atom. The Labute approximate surface area is 117 Å². The van der Waals surface area contributed by atoms with Gasteiger partial charge >= 0.3 is 0 Å². The third-order valence-electron chi connectivity index (χ3n) is 3.18. The van der Waals surface area contributed by atoms with Crippen LogP contribution in [0.5, 0.6) is 0 Å². The number of nitrogens with zero attached hydrogens (tertiary/aromatic N) is 1. The molecule has 2 rings (SSSR count). The highest BCUT2D eigenvalue weighted by Gasteiger charge is 2.32. The Bertz CT molecular complexity index is 586. The quantitative estimate of drug-likeness (QED) is 0.778. The molecule has 2 N–H and O–H groups in total. The third-order valence-corrected chi connectivity index (χ3v) is 4.03. The Hall–Kier alpha value is -1.44. The standard InChI is InChI=1S/C13H17NO5S/c1-20(18,19)8-9-2-4-10(5-3-9)13(17)14-6-11(15)12(16)7-14/h2-5,11-12,15-16H,6-8H2,1H3. The molecule has 0 bridgehead atoms. The lowest BCUT2D eigenvalue weighted by Gasteiger charge is -2.15. The van der Waals surface area contributed by atoms with Crippen molar-refractivity contribution in [1.29, 1.82) is 0 Å². The van der Waals surface area contributed by atoms with Crippen LogP contribution in [0.3, 0.4) is 0 Å². The molecule has 1 aromatic rings. The van der Waals surface area contributed by atoms with Crippen molar-refractivity contribution >= 4 is 15.7 Å². The minimum atomic E-state index is -3.10. The van der Waals surface area contributed by atoms with Crippen LogP contribution >= 0.6 is 0 Å². The van der Waals surface area contributed by atoms with Crippen LogP contribution in [0.25, 0.3) is 0 Å². The fraction of sp³-hybridized carbons (Fsp3) is 0.462. The molecule has 1 aromatic carbocycles. The maximum absolute atomic E-state index is 12.1. The van der Waals surface area contributed by atoms with Crippen LogP contribution in [-0.2, 0) is 15.6 Å². The van der Waals surface area contributed by atoms with Crippen LogP contribution in [0.1, 0.15) is 15.9 Å². The molecule has 2 atom stereocenters. The van der Waals surface area contributed by atoms with Gasteiger partial charge in [0.15, 0.2) is 9.84 Å². The predicted molar refractivity (Wildman–Crippen MR) is 72.9 cm³/mol. The summed E-state index contributed by atoms with van der Waals surface area (Å²) in [5, 5.41) is 18.9. The molecule has 1 fully saturated rings. The van der Waals surface area contributed by atoms with E-state index in [1.165, 1.54) is 4.90 Å². The predicted octanol–water partition coefficient (Wildman–Crippen LogP) is -0.591. The first-order chi connectivity index (χ1) is 9.26. The molecule has 7 heteroatoms. The molecule has 110 valence electrons. The zero-order valence-corrected chi connectivity index (χ0v) is 11.9. The van der Waals surface area contributed by atoms with E-state index in [4.69, 9.17) is 0 Å². The van der Waals surface area contributed by atoms with Gasteiger partial charge in [-0.25, -0.2) is 8.42 Å². The smallest absolute Gasteiger partial charge is 0.254 e. The molecule has 0 aromatic heterocycles. The van der Waals surface area contributed by atoms with Crippen LogP contribution < -0.4 is 0 Å². The molecule has 6 nitrogen and oxygen atoms in total. The number of likely N-dealkylation sites (tertiary alicyclic amines) is 1. The maximum atomic E-state index is 12.1. The van der Waals surface area contributed by atoms with Gasteiger partial charge < -0.3 is 15.1 Å². The number of benzene rings is 1. The van der Waals surface area contributed by atoms with Crippen molar-refractivity contribution in [3.8, 4) is 0 Å². The topological polar surface area (TPSA) is 94.9 Å². The number of carbonyl (C=O) groups is 1. The molecular formula is C13H17NO5S. The van der Waals surface area contributed by atoms with E-state index in [9.17, 15) is 23.4 Å². The average molecular weight is 299 g/mol. The lowest BCUT2D eigenvalue weighted by atomic mass is 10.1. The van der Waals surface area contributed by atoms with Gasteiger partial charge in [0, 0.05) is 24.9 Å². The first kappa shape index (κ1) is 15.0. The monoisotopic (exact) mass is 299 g/mol. The van der Waals surface area contributed by atoms with E-state index in [1.54, 1.807) is 24.3 Å². The third kappa shape index (κ3) is 3.56. The number of hydrogen-bond acceptors (Lipinski definition) is 5. The first-order valence-corrected chi connectivity index (χ1v) is 8.24. The number of β-amino-alcohol motifs (C(OH)–C–C–N with tert-alkyl or cyclic N) is 2. The lowest BCUT2D eigenvalue weighted by molar-refractivity contribution is 0.0572. The molecule has 20 heavy (non-hydrogen) atoms. The molecule has 0 radical (unpaired) electrons. The average Bonchev–Trinajstić information content (AvgIpc) is 2.68. The summed E-state index contributed by atoms with van der Waals surface area (Å²) < 4.78 is 22.3. The lowest BCUT2D eigenvalue weighted by Crippen LogP contribution is -2.29. The van der Waals surface area contributed by atoms with Crippen molar-refractivity contribution in [1.82, 2.24) is 4.90 Å². The number of amides is 1. The SMILES string of the molecule is CS(=O)(=O)Cc1ccc(C(=O)N2CC(O)C(O)C2)cc1. The Morgan fingerprint density at radius 2 is 1.70 bits per heavy atom. The molecule has 0 spiro atoms. The normalized spacial score (nSPS) is 23.1. The van der Waals surface area contributed by atoms with E-state index < -0.39 is 22.0 Å². The van der Waals surface area contributed by atoms with Gasteiger partial charge in [-0.1, -0.05) is 12.1 Å². The summed E-state index contributed by atoms with van der Waals surface area (Å²) in [6, 6.07) is 6.30. The van der Waals surface area contributed by atoms with Gasteiger partial charge in [-0.05, 0) is 17.7 Å². The van der Waals surface area contributed by atoms with Gasteiger partial charge in [0.25, 0.3) is 5.91 Å². The molecule has 1 aliphatic heterocycles. The van der Waals surface area contributed by atoms with Crippen LogP contribution in [0.4, 0.5) is 0 Å². The molecule has 1 aliphatic rings. The highest BCUT2D eigenvalue weighted by atomic mass is 32.2. The van der Waals surface area contributed by atoms with E-state index in [-0.39, 0.29) is 24.7 Å². The minimum Gasteiger partial charge on any atom is -0.388 e. The molecule has 1 heterocycles. The largest absolute Gasteiger partial charge is 0.388 e. The maximum Gasteiger partial charge on any atom is 0.254 e. The number of aliphatic hydroxyl groups excluding tert-OH is 2. The second-order valence-electron chi connectivity index (χ2n) is 5.11. The van der Waals surface area contributed by atoms with Crippen molar-refractivity contribution in [2.24, 2.45) is 0 Å². The molecular weight excluding hydrogens is 282 g/mol. The van der Waals surface area contributed by atoms with Gasteiger partial charge in [0.2, 0.25) is 0 Å². The van der Waals surface area contributed by atoms with E-state index in [2.05, 4.69) is 0 Å². The van der Waals surface area contributed by atoms with Gasteiger partial charge in [-0.3, -0.25) is 4.79 Å². The van der Waals surface area contributed by atoms with E-state index in [0.717, 1.165) is 6.26 Å². The van der Waals surface area contributed by atoms with Gasteiger partial charge in [-0.15, -0.1) is 0 Å². The summed E-state index contributed by atoms with van der Waals surface area (Å²) in [6.07, 6.45) is -0.675. The fourth-order valence-electron chi connectivity index (χ4n) is 2.16. The second kappa shape index (κ2) is 5.51. The van der Waals surface area contributed by atoms with Crippen molar-refractivity contribution < 1.29 is 23.4 Å². The summed E-state index contributed by atoms with van der Waals surface area (Å²) in [7, 11) is -3.10. The second-order valence-corrected chi connectivity index (χ2v) is 7.25. The molecule has 0 saturated carbocycles. The molecule has 2 unspecified atom stereocenters. The Morgan fingerprint density at radius 3 is 2.15 bits per heavy atom. The van der Waals surface area contributed by atoms with Crippen molar-refractivity contribution in [2.75, 3.05) is 19.3 Å². The van der Waals surface area contributed by atoms with Crippen LogP contribution in [0, 0.1) is 0 Å². The summed E-state index contributed by atoms with van der Waals surface area (Å²) in [4.78, 5) is 13.5. The minimum absolute atomic E-state index is 0.0669. The summed E-state index contributed by atoms with van der Waals surface area (Å²) in [5.41, 5.74) is 1.02. The number of hydrogen-bond donors (Lipinski definition) is 2. The summed E-state index contributed by atoms with van der Waals surface area (Å²) >= 11 is 0. The van der Waals surface area contributed by atoms with Crippen LogP contribution in [0.2, 0.25) is 0 Å².